The van der Waals surface area contributed by atoms with Crippen molar-refractivity contribution in [3.05, 3.63) is 59.6 Å². The molecule has 3 aromatic rings. The van der Waals surface area contributed by atoms with E-state index in [1.54, 1.807) is 24.7 Å². The predicted molar refractivity (Wildman–Crippen MR) is 121 cm³/mol. The number of hydrogen-bond acceptors (Lipinski definition) is 6. The predicted octanol–water partition coefficient (Wildman–Crippen LogP) is 2.52. The molecule has 2 aromatic heterocycles. The van der Waals surface area contributed by atoms with Crippen LogP contribution in [0, 0.1) is 5.82 Å². The van der Waals surface area contributed by atoms with Crippen molar-refractivity contribution in [2.75, 3.05) is 13.1 Å². The molecule has 8 nitrogen and oxygen atoms in total. The van der Waals surface area contributed by atoms with Crippen LogP contribution in [-0.2, 0) is 33.5 Å². The smallest absolute Gasteiger partial charge is 0.234 e. The molecule has 0 aliphatic carbocycles. The standard InChI is InChI=1S/C25H26FN5O3/c1-24-13-31(12-16-11-27-14-30(16)2)8-7-25(24,34-24)19-4-5-20-18(22(19)26)9-15(10-28-20)17-3-6-21(32)29-23(17)33/h4-5,9-11,14,17H,3,6-8,12-13H2,1-2H3,(H,29,32,33). The Morgan fingerprint density at radius 2 is 2.15 bits per heavy atom. The third kappa shape index (κ3) is 3.18. The van der Waals surface area contributed by atoms with Crippen LogP contribution in [0.4, 0.5) is 4.39 Å². The lowest BCUT2D eigenvalue weighted by molar-refractivity contribution is -0.134. The number of benzene rings is 1. The van der Waals surface area contributed by atoms with E-state index in [2.05, 4.69) is 20.2 Å². The van der Waals surface area contributed by atoms with Gasteiger partial charge in [-0.15, -0.1) is 0 Å². The summed E-state index contributed by atoms with van der Waals surface area (Å²) in [7, 11) is 1.98. The van der Waals surface area contributed by atoms with Crippen LogP contribution < -0.4 is 5.32 Å². The van der Waals surface area contributed by atoms with Crippen LogP contribution >= 0.6 is 0 Å². The molecule has 3 aliphatic rings. The normalized spacial score (nSPS) is 29.2. The third-order valence-electron chi connectivity index (χ3n) is 7.72. The fraction of sp³-hybridized carbons (Fsp3) is 0.440. The molecule has 176 valence electrons. The maximum atomic E-state index is 16.0. The number of carbonyl (C=O) groups is 2. The van der Waals surface area contributed by atoms with Crippen molar-refractivity contribution in [2.24, 2.45) is 7.05 Å². The second kappa shape index (κ2) is 7.41. The summed E-state index contributed by atoms with van der Waals surface area (Å²) in [5, 5.41) is 2.74. The van der Waals surface area contributed by atoms with Gasteiger partial charge in [-0.05, 0) is 37.5 Å². The molecule has 6 rings (SSSR count). The number of rotatable bonds is 4. The van der Waals surface area contributed by atoms with E-state index in [4.69, 9.17) is 4.74 Å². The number of hydrogen-bond donors (Lipinski definition) is 1. The first kappa shape index (κ1) is 21.4. The number of aromatic nitrogens is 3. The Labute approximate surface area is 196 Å². The minimum absolute atomic E-state index is 0.265. The molecular formula is C25H26FN5O3. The molecule has 5 heterocycles. The average Bonchev–Trinajstić information content (AvgIpc) is 3.25. The van der Waals surface area contributed by atoms with Crippen molar-refractivity contribution in [1.82, 2.24) is 24.8 Å². The van der Waals surface area contributed by atoms with Gasteiger partial charge in [0.15, 0.2) is 0 Å². The number of epoxide rings is 1. The summed E-state index contributed by atoms with van der Waals surface area (Å²) in [4.78, 5) is 34.8. The number of likely N-dealkylation sites (tertiary alicyclic amines) is 1. The van der Waals surface area contributed by atoms with Crippen LogP contribution in [0.1, 0.15) is 48.9 Å². The van der Waals surface area contributed by atoms with E-state index in [0.717, 1.165) is 18.8 Å². The van der Waals surface area contributed by atoms with E-state index in [-0.39, 0.29) is 24.1 Å². The number of amides is 2. The van der Waals surface area contributed by atoms with E-state index in [1.165, 1.54) is 0 Å². The summed E-state index contributed by atoms with van der Waals surface area (Å²) in [6.45, 7) is 4.30. The van der Waals surface area contributed by atoms with Gasteiger partial charge in [-0.3, -0.25) is 24.8 Å². The highest BCUT2D eigenvalue weighted by molar-refractivity contribution is 6.01. The van der Waals surface area contributed by atoms with Crippen LogP contribution in [0.5, 0.6) is 0 Å². The van der Waals surface area contributed by atoms with Crippen LogP contribution in [0.25, 0.3) is 10.9 Å². The fourth-order valence-electron chi connectivity index (χ4n) is 5.73. The number of halogens is 1. The van der Waals surface area contributed by atoms with Gasteiger partial charge in [0, 0.05) is 56.4 Å². The first-order chi connectivity index (χ1) is 16.3. The van der Waals surface area contributed by atoms with Crippen LogP contribution in [0.2, 0.25) is 0 Å². The summed E-state index contributed by atoms with van der Waals surface area (Å²) in [6, 6.07) is 5.31. The Morgan fingerprint density at radius 3 is 2.88 bits per heavy atom. The number of imidazole rings is 1. The van der Waals surface area contributed by atoms with Crippen LogP contribution in [0.15, 0.2) is 36.9 Å². The van der Waals surface area contributed by atoms with Gasteiger partial charge in [0.25, 0.3) is 0 Å². The molecule has 0 bridgehead atoms. The first-order valence-corrected chi connectivity index (χ1v) is 11.6. The molecule has 0 saturated carbocycles. The molecule has 2 amide bonds. The van der Waals surface area contributed by atoms with E-state index < -0.39 is 17.1 Å². The highest BCUT2D eigenvalue weighted by Gasteiger charge is 2.70. The van der Waals surface area contributed by atoms with E-state index in [1.807, 2.05) is 30.8 Å². The molecule has 0 radical (unpaired) electrons. The second-order valence-corrected chi connectivity index (χ2v) is 9.88. The highest BCUT2D eigenvalue weighted by Crippen LogP contribution is 2.61. The lowest BCUT2D eigenvalue weighted by atomic mass is 9.80. The SMILES string of the molecule is Cn1cncc1CN1CCC2(c3ccc4ncc(C5CCC(=O)NC5=O)cc4c3F)OC2(C)C1. The molecule has 3 unspecified atom stereocenters. The van der Waals surface area contributed by atoms with Gasteiger partial charge in [0.2, 0.25) is 11.8 Å². The van der Waals surface area contributed by atoms with Gasteiger partial charge in [-0.1, -0.05) is 6.07 Å². The number of piperidine rings is 2. The Hall–Kier alpha value is -3.17. The summed E-state index contributed by atoms with van der Waals surface area (Å²) in [5.74, 6) is -1.48. The summed E-state index contributed by atoms with van der Waals surface area (Å²) in [5.41, 5.74) is 1.68. The molecule has 0 spiro atoms. The highest BCUT2D eigenvalue weighted by atomic mass is 19.1. The molecule has 3 saturated heterocycles. The summed E-state index contributed by atoms with van der Waals surface area (Å²) >= 11 is 0. The van der Waals surface area contributed by atoms with Gasteiger partial charge in [0.1, 0.15) is 17.0 Å². The van der Waals surface area contributed by atoms with Gasteiger partial charge >= 0.3 is 0 Å². The van der Waals surface area contributed by atoms with Crippen molar-refractivity contribution < 1.29 is 18.7 Å². The molecule has 3 aliphatic heterocycles. The summed E-state index contributed by atoms with van der Waals surface area (Å²) < 4.78 is 24.3. The molecule has 1 aromatic carbocycles. The van der Waals surface area contributed by atoms with Gasteiger partial charge in [-0.2, -0.15) is 0 Å². The second-order valence-electron chi connectivity index (χ2n) is 9.88. The number of carbonyl (C=O) groups excluding carboxylic acids is 2. The molecule has 3 fully saturated rings. The Kier molecular flexibility index (Phi) is 4.66. The molecule has 9 heteroatoms. The van der Waals surface area contributed by atoms with Gasteiger partial charge < -0.3 is 9.30 Å². The topological polar surface area (TPSA) is 92.7 Å². The zero-order chi connectivity index (χ0) is 23.7. The lowest BCUT2D eigenvalue weighted by Gasteiger charge is -2.32. The molecule has 34 heavy (non-hydrogen) atoms. The number of fused-ring (bicyclic) bond motifs is 2. The maximum absolute atomic E-state index is 16.0. The Morgan fingerprint density at radius 1 is 1.29 bits per heavy atom. The van der Waals surface area contributed by atoms with E-state index >= 15 is 4.39 Å². The number of pyridine rings is 1. The maximum Gasteiger partial charge on any atom is 0.234 e. The van der Waals surface area contributed by atoms with Crippen LogP contribution in [0.3, 0.4) is 0 Å². The minimum atomic E-state index is -0.668. The number of nitrogens with one attached hydrogen (secondary N) is 1. The van der Waals surface area contributed by atoms with Gasteiger partial charge in [0.05, 0.1) is 23.5 Å². The molecule has 3 atom stereocenters. The van der Waals surface area contributed by atoms with Crippen molar-refractivity contribution in [3.8, 4) is 0 Å². The molecular weight excluding hydrogens is 437 g/mol. The monoisotopic (exact) mass is 463 g/mol. The summed E-state index contributed by atoms with van der Waals surface area (Å²) in [6.07, 6.45) is 6.62. The Balaban J connectivity index is 1.29. The largest absolute Gasteiger partial charge is 0.356 e. The quantitative estimate of drug-likeness (QED) is 0.472. The fourth-order valence-corrected chi connectivity index (χ4v) is 5.73. The van der Waals surface area contributed by atoms with Gasteiger partial charge in [-0.25, -0.2) is 9.37 Å². The van der Waals surface area contributed by atoms with Crippen molar-refractivity contribution in [2.45, 2.75) is 49.9 Å². The zero-order valence-electron chi connectivity index (χ0n) is 19.2. The number of nitrogens with zero attached hydrogens (tertiary/aromatic N) is 4. The Bertz CT molecular complexity index is 1340. The number of imide groups is 1. The molecule has 1 N–H and O–H groups in total. The van der Waals surface area contributed by atoms with E-state index in [9.17, 15) is 9.59 Å². The van der Waals surface area contributed by atoms with Crippen molar-refractivity contribution in [1.29, 1.82) is 0 Å². The third-order valence-corrected chi connectivity index (χ3v) is 7.72. The average molecular weight is 464 g/mol. The van der Waals surface area contributed by atoms with Crippen molar-refractivity contribution >= 4 is 22.7 Å². The van der Waals surface area contributed by atoms with E-state index in [0.29, 0.717) is 41.4 Å². The first-order valence-electron chi connectivity index (χ1n) is 11.6. The number of aryl methyl sites for hydroxylation is 1. The lowest BCUT2D eigenvalue weighted by Crippen LogP contribution is -2.44. The number of ether oxygens (including phenoxy) is 1. The minimum Gasteiger partial charge on any atom is -0.356 e. The van der Waals surface area contributed by atoms with Crippen LogP contribution in [-0.4, -0.2) is 49.9 Å². The van der Waals surface area contributed by atoms with Crippen molar-refractivity contribution in [3.63, 3.8) is 0 Å². The zero-order valence-corrected chi connectivity index (χ0v) is 19.2.